The Morgan fingerprint density at radius 1 is 0.844 bits per heavy atom. The summed E-state index contributed by atoms with van der Waals surface area (Å²) in [5.74, 6) is 4.26. The van der Waals surface area contributed by atoms with E-state index in [1.165, 1.54) is 37.7 Å². The predicted octanol–water partition coefficient (Wildman–Crippen LogP) is 5.77. The summed E-state index contributed by atoms with van der Waals surface area (Å²) in [5.41, 5.74) is 4.55. The van der Waals surface area contributed by atoms with E-state index in [0.29, 0.717) is 24.5 Å². The monoisotopic (exact) mass is 435 g/mol. The summed E-state index contributed by atoms with van der Waals surface area (Å²) in [5, 5.41) is 0. The van der Waals surface area contributed by atoms with Gasteiger partial charge in [-0.2, -0.15) is 0 Å². The van der Waals surface area contributed by atoms with Gasteiger partial charge in [0.25, 0.3) is 0 Å². The largest absolute Gasteiger partial charge is 0.493 e. The van der Waals surface area contributed by atoms with Crippen molar-refractivity contribution in [3.63, 3.8) is 0 Å². The van der Waals surface area contributed by atoms with Crippen molar-refractivity contribution < 1.29 is 18.9 Å². The number of fused-ring (bicyclic) bond motifs is 3. The predicted molar refractivity (Wildman–Crippen MR) is 126 cm³/mol. The van der Waals surface area contributed by atoms with Crippen LogP contribution in [-0.2, 0) is 0 Å². The lowest BCUT2D eigenvalue weighted by atomic mass is 9.75. The number of rotatable bonds is 8. The van der Waals surface area contributed by atoms with E-state index in [1.807, 2.05) is 13.0 Å². The third-order valence-electron chi connectivity index (χ3n) is 6.92. The maximum absolute atomic E-state index is 6.20. The van der Waals surface area contributed by atoms with E-state index in [0.717, 1.165) is 52.9 Å². The van der Waals surface area contributed by atoms with Gasteiger partial charge in [-0.1, -0.05) is 12.8 Å². The van der Waals surface area contributed by atoms with Crippen LogP contribution in [0.1, 0.15) is 68.1 Å². The van der Waals surface area contributed by atoms with Crippen LogP contribution in [0.25, 0.3) is 0 Å². The van der Waals surface area contributed by atoms with Gasteiger partial charge in [0.1, 0.15) is 0 Å². The molecule has 5 nitrogen and oxygen atoms in total. The summed E-state index contributed by atoms with van der Waals surface area (Å²) >= 11 is 0. The first-order valence-electron chi connectivity index (χ1n) is 12.0. The van der Waals surface area contributed by atoms with Gasteiger partial charge in [-0.25, -0.2) is 0 Å². The zero-order valence-electron chi connectivity index (χ0n) is 19.4. The molecule has 0 N–H and O–H groups in total. The number of hydrogen-bond donors (Lipinski definition) is 0. The quantitative estimate of drug-likeness (QED) is 0.528. The number of benzene rings is 2. The first kappa shape index (κ1) is 21.2. The van der Waals surface area contributed by atoms with Crippen LogP contribution in [0.3, 0.4) is 0 Å². The molecule has 0 radical (unpaired) electrons. The van der Waals surface area contributed by atoms with Gasteiger partial charge in [0, 0.05) is 17.0 Å². The zero-order valence-corrected chi connectivity index (χ0v) is 19.4. The van der Waals surface area contributed by atoms with Gasteiger partial charge in [0.2, 0.25) is 0 Å². The van der Waals surface area contributed by atoms with E-state index >= 15 is 0 Å². The molecule has 0 bridgehead atoms. The maximum atomic E-state index is 6.20. The van der Waals surface area contributed by atoms with Gasteiger partial charge in [-0.15, -0.1) is 0 Å². The van der Waals surface area contributed by atoms with Crippen LogP contribution in [0, 0.1) is 5.92 Å². The lowest BCUT2D eigenvalue weighted by Gasteiger charge is -2.36. The zero-order chi connectivity index (χ0) is 22.1. The lowest BCUT2D eigenvalue weighted by molar-refractivity contribution is 0.267. The van der Waals surface area contributed by atoms with E-state index in [1.54, 1.807) is 14.2 Å². The van der Waals surface area contributed by atoms with E-state index < -0.39 is 0 Å². The van der Waals surface area contributed by atoms with E-state index in [-0.39, 0.29) is 0 Å². The van der Waals surface area contributed by atoms with Crippen LogP contribution in [-0.4, -0.2) is 39.2 Å². The fourth-order valence-electron chi connectivity index (χ4n) is 5.04. The molecule has 2 fully saturated rings. The summed E-state index contributed by atoms with van der Waals surface area (Å²) in [6.45, 7) is 3.37. The minimum absolute atomic E-state index is 0.312. The molecule has 1 heterocycles. The second-order valence-corrected chi connectivity index (χ2v) is 9.08. The smallest absolute Gasteiger partial charge is 0.161 e. The molecule has 32 heavy (non-hydrogen) atoms. The lowest BCUT2D eigenvalue weighted by Crippen LogP contribution is -2.29. The molecular weight excluding hydrogens is 402 g/mol. The molecule has 0 saturated heterocycles. The van der Waals surface area contributed by atoms with Crippen LogP contribution in [0.15, 0.2) is 35.3 Å². The molecule has 2 atom stereocenters. The Balaban J connectivity index is 1.59. The van der Waals surface area contributed by atoms with Gasteiger partial charge < -0.3 is 18.9 Å². The maximum Gasteiger partial charge on any atom is 0.161 e. The first-order valence-corrected chi connectivity index (χ1v) is 12.0. The van der Waals surface area contributed by atoms with Crippen LogP contribution in [0.5, 0.6) is 23.0 Å². The topological polar surface area (TPSA) is 49.3 Å². The standard InChI is InChI=1S/C27H33NO4/c1-4-31-23-12-11-18(13-26(23)32-16-17-9-10-17)27-21-15-25(30-3)24(29-2)14-20(21)19-7-5-6-8-22(19)28-27/h11-15,17,19,22H,4-10,16H2,1-3H3/t19-,22-/m0/s1. The van der Waals surface area contributed by atoms with Crippen molar-refractivity contribution in [3.05, 3.63) is 47.0 Å². The molecule has 0 aromatic heterocycles. The van der Waals surface area contributed by atoms with E-state index in [2.05, 4.69) is 24.3 Å². The van der Waals surface area contributed by atoms with Crippen LogP contribution < -0.4 is 18.9 Å². The van der Waals surface area contributed by atoms with Gasteiger partial charge in [-0.05, 0) is 74.4 Å². The highest BCUT2D eigenvalue weighted by Gasteiger charge is 2.35. The highest BCUT2D eigenvalue weighted by atomic mass is 16.5. The van der Waals surface area contributed by atoms with E-state index in [4.69, 9.17) is 23.9 Å². The van der Waals surface area contributed by atoms with Crippen LogP contribution >= 0.6 is 0 Å². The fourth-order valence-corrected chi connectivity index (χ4v) is 5.04. The Bertz CT molecular complexity index is 1010. The molecule has 0 spiro atoms. The molecular formula is C27H33NO4. The highest BCUT2D eigenvalue weighted by Crippen LogP contribution is 2.45. The summed E-state index contributed by atoms with van der Waals surface area (Å²) < 4.78 is 23.3. The molecule has 170 valence electrons. The molecule has 2 aromatic carbocycles. The van der Waals surface area contributed by atoms with Gasteiger partial charge in [0.05, 0.1) is 39.2 Å². The summed E-state index contributed by atoms with van der Waals surface area (Å²) in [7, 11) is 3.39. The molecule has 0 amide bonds. The third kappa shape index (κ3) is 4.05. The van der Waals surface area contributed by atoms with Crippen molar-refractivity contribution in [1.29, 1.82) is 0 Å². The summed E-state index contributed by atoms with van der Waals surface area (Å²) in [4.78, 5) is 5.29. The SMILES string of the molecule is CCOc1ccc(C2=N[C@H]3CCCC[C@H]3c3cc(OC)c(OC)cc32)cc1OCC1CC1. The molecule has 2 aromatic rings. The first-order chi connectivity index (χ1) is 15.7. The second-order valence-electron chi connectivity index (χ2n) is 9.08. The normalized spacial score (nSPS) is 21.8. The average molecular weight is 436 g/mol. The Kier molecular flexibility index (Phi) is 5.99. The van der Waals surface area contributed by atoms with Crippen molar-refractivity contribution in [2.75, 3.05) is 27.4 Å². The fraction of sp³-hybridized carbons (Fsp3) is 0.519. The minimum Gasteiger partial charge on any atom is -0.493 e. The Morgan fingerprint density at radius 3 is 2.38 bits per heavy atom. The van der Waals surface area contributed by atoms with Gasteiger partial charge in [-0.3, -0.25) is 4.99 Å². The Labute approximate surface area is 190 Å². The van der Waals surface area contributed by atoms with Crippen molar-refractivity contribution in [2.45, 2.75) is 57.4 Å². The molecule has 5 rings (SSSR count). The van der Waals surface area contributed by atoms with Crippen LogP contribution in [0.2, 0.25) is 0 Å². The summed E-state index contributed by atoms with van der Waals surface area (Å²) in [6.07, 6.45) is 7.30. The van der Waals surface area contributed by atoms with Crippen molar-refractivity contribution >= 4 is 5.71 Å². The number of nitrogens with zero attached hydrogens (tertiary/aromatic N) is 1. The molecule has 2 aliphatic carbocycles. The summed E-state index contributed by atoms with van der Waals surface area (Å²) in [6, 6.07) is 10.8. The molecule has 0 unspecified atom stereocenters. The molecule has 2 saturated carbocycles. The Morgan fingerprint density at radius 2 is 1.62 bits per heavy atom. The second kappa shape index (κ2) is 9.05. The van der Waals surface area contributed by atoms with Crippen molar-refractivity contribution in [2.24, 2.45) is 10.9 Å². The van der Waals surface area contributed by atoms with E-state index in [9.17, 15) is 0 Å². The number of hydrogen-bond acceptors (Lipinski definition) is 5. The number of aliphatic imine (C=N–C) groups is 1. The number of methoxy groups -OCH3 is 2. The van der Waals surface area contributed by atoms with Crippen molar-refractivity contribution in [1.82, 2.24) is 0 Å². The highest BCUT2D eigenvalue weighted by molar-refractivity contribution is 6.15. The van der Waals surface area contributed by atoms with Gasteiger partial charge in [0.15, 0.2) is 23.0 Å². The Hall–Kier alpha value is -2.69. The molecule has 3 aliphatic rings. The van der Waals surface area contributed by atoms with Crippen LogP contribution in [0.4, 0.5) is 0 Å². The molecule has 1 aliphatic heterocycles. The third-order valence-corrected chi connectivity index (χ3v) is 6.92. The number of ether oxygens (including phenoxy) is 4. The van der Waals surface area contributed by atoms with Gasteiger partial charge >= 0.3 is 0 Å². The molecule has 5 heteroatoms. The minimum atomic E-state index is 0.312. The average Bonchev–Trinajstić information content (AvgIpc) is 3.66. The van der Waals surface area contributed by atoms with Crippen molar-refractivity contribution in [3.8, 4) is 23.0 Å².